The molecule has 7 heteroatoms. The minimum atomic E-state index is -1.05. The van der Waals surface area contributed by atoms with Crippen LogP contribution in [0.25, 0.3) is 0 Å². The lowest BCUT2D eigenvalue weighted by atomic mass is 9.97. The van der Waals surface area contributed by atoms with Crippen molar-refractivity contribution in [3.63, 3.8) is 0 Å². The maximum Gasteiger partial charge on any atom is 0.115 e. The van der Waals surface area contributed by atoms with E-state index in [1.807, 2.05) is 6.08 Å². The van der Waals surface area contributed by atoms with E-state index in [-0.39, 0.29) is 12.1 Å². The van der Waals surface area contributed by atoms with E-state index in [1.54, 1.807) is 6.26 Å². The molecular formula is C17H32N4O2S. The highest BCUT2D eigenvalue weighted by Crippen LogP contribution is 2.19. The fourth-order valence-corrected chi connectivity index (χ4v) is 3.73. The fraction of sp³-hybridized carbons (Fsp3) is 0.824. The average molecular weight is 357 g/mol. The maximum atomic E-state index is 11.6. The van der Waals surface area contributed by atoms with Crippen molar-refractivity contribution in [2.75, 3.05) is 26.0 Å². The Hall–Kier alpha value is -0.600. The summed E-state index contributed by atoms with van der Waals surface area (Å²) in [6, 6.07) is 0.0821. The van der Waals surface area contributed by atoms with Gasteiger partial charge in [-0.3, -0.25) is 4.99 Å². The lowest BCUT2D eigenvalue weighted by Crippen LogP contribution is -2.47. The Morgan fingerprint density at radius 3 is 2.79 bits per heavy atom. The van der Waals surface area contributed by atoms with Gasteiger partial charge in [0.05, 0.1) is 24.8 Å². The van der Waals surface area contributed by atoms with Crippen molar-refractivity contribution in [1.29, 1.82) is 0 Å². The number of nitrogens with two attached hydrogens (primary N) is 1. The smallest absolute Gasteiger partial charge is 0.115 e. The van der Waals surface area contributed by atoms with Crippen molar-refractivity contribution in [2.24, 2.45) is 16.6 Å². The Labute approximate surface area is 149 Å². The fourth-order valence-electron chi connectivity index (χ4n) is 3.03. The lowest BCUT2D eigenvalue weighted by molar-refractivity contribution is 0.0207. The summed E-state index contributed by atoms with van der Waals surface area (Å²) in [6.45, 7) is 6.75. The van der Waals surface area contributed by atoms with Crippen LogP contribution < -0.4 is 15.8 Å². The zero-order chi connectivity index (χ0) is 17.5. The average Bonchev–Trinajstić information content (AvgIpc) is 2.55. The first-order valence-corrected chi connectivity index (χ1v) is 10.5. The molecule has 2 aliphatic heterocycles. The largest absolute Gasteiger partial charge is 0.598 e. The SMILES string of the molecule is CC(C)C(N)=CC1=NC(COC2CCNCC2)C(N[S+](C)[O-])CC1. The third kappa shape index (κ3) is 6.37. The molecule has 138 valence electrons. The van der Waals surface area contributed by atoms with Gasteiger partial charge < -0.3 is 20.3 Å². The Kier molecular flexibility index (Phi) is 8.03. The Bertz CT molecular complexity index is 448. The van der Waals surface area contributed by atoms with Gasteiger partial charge in [0.25, 0.3) is 0 Å². The van der Waals surface area contributed by atoms with Crippen LogP contribution in [0.2, 0.25) is 0 Å². The topological polar surface area (TPSA) is 94.7 Å². The number of hydrogen-bond donors (Lipinski definition) is 3. The molecule has 1 fully saturated rings. The zero-order valence-electron chi connectivity index (χ0n) is 15.1. The first-order valence-electron chi connectivity index (χ1n) is 8.91. The summed E-state index contributed by atoms with van der Waals surface area (Å²) in [5, 5.41) is 3.34. The molecule has 6 nitrogen and oxygen atoms in total. The monoisotopic (exact) mass is 356 g/mol. The van der Waals surface area contributed by atoms with Crippen molar-refractivity contribution in [3.05, 3.63) is 11.8 Å². The number of ether oxygens (including phenoxy) is 1. The molecule has 3 atom stereocenters. The number of rotatable bonds is 7. The Balaban J connectivity index is 2.01. The van der Waals surface area contributed by atoms with E-state index in [4.69, 9.17) is 15.5 Å². The van der Waals surface area contributed by atoms with Crippen LogP contribution in [0.1, 0.15) is 39.5 Å². The number of nitrogens with one attached hydrogen (secondary N) is 2. The molecule has 2 rings (SSSR count). The second-order valence-corrected chi connectivity index (χ2v) is 8.13. The number of piperidine rings is 1. The Morgan fingerprint density at radius 2 is 2.17 bits per heavy atom. The lowest BCUT2D eigenvalue weighted by Gasteiger charge is -2.31. The van der Waals surface area contributed by atoms with E-state index in [9.17, 15) is 4.55 Å². The van der Waals surface area contributed by atoms with E-state index < -0.39 is 11.4 Å². The summed E-state index contributed by atoms with van der Waals surface area (Å²) in [7, 11) is 0. The van der Waals surface area contributed by atoms with Crippen LogP contribution in [-0.2, 0) is 16.1 Å². The van der Waals surface area contributed by atoms with Gasteiger partial charge in [-0.25, -0.2) is 0 Å². The molecule has 1 saturated heterocycles. The molecule has 0 amide bonds. The molecule has 24 heavy (non-hydrogen) atoms. The Morgan fingerprint density at radius 1 is 1.46 bits per heavy atom. The predicted octanol–water partition coefficient (Wildman–Crippen LogP) is 1.11. The molecule has 4 N–H and O–H groups in total. The van der Waals surface area contributed by atoms with Gasteiger partial charge in [0, 0.05) is 22.8 Å². The first-order chi connectivity index (χ1) is 11.5. The molecule has 0 aromatic rings. The van der Waals surface area contributed by atoms with Crippen LogP contribution in [-0.4, -0.2) is 54.4 Å². The molecule has 0 bridgehead atoms. The van der Waals surface area contributed by atoms with Crippen molar-refractivity contribution in [1.82, 2.24) is 10.0 Å². The third-order valence-electron chi connectivity index (χ3n) is 4.61. The summed E-state index contributed by atoms with van der Waals surface area (Å²) in [4.78, 5) is 4.85. The van der Waals surface area contributed by atoms with Crippen molar-refractivity contribution in [2.45, 2.75) is 57.7 Å². The summed E-state index contributed by atoms with van der Waals surface area (Å²) >= 11 is -1.05. The third-order valence-corrected chi connectivity index (χ3v) is 5.25. The summed E-state index contributed by atoms with van der Waals surface area (Å²) in [5.74, 6) is 0.316. The van der Waals surface area contributed by atoms with Gasteiger partial charge >= 0.3 is 0 Å². The van der Waals surface area contributed by atoms with Crippen LogP contribution in [0.5, 0.6) is 0 Å². The van der Waals surface area contributed by atoms with Crippen molar-refractivity contribution in [3.8, 4) is 0 Å². The molecule has 0 aromatic heterocycles. The standard InChI is InChI=1S/C17H32N4O2S/c1-12(2)15(18)10-13-4-5-16(21-24(3)22)17(20-13)11-23-14-6-8-19-9-7-14/h10,12,14,16-17,19,21H,4-9,11,18H2,1-3H3. The normalized spacial score (nSPS) is 28.0. The van der Waals surface area contributed by atoms with Gasteiger partial charge in [-0.05, 0) is 50.8 Å². The minimum Gasteiger partial charge on any atom is -0.598 e. The van der Waals surface area contributed by atoms with Crippen LogP contribution in [0.15, 0.2) is 16.8 Å². The molecule has 0 radical (unpaired) electrons. The van der Waals surface area contributed by atoms with E-state index in [0.29, 0.717) is 18.6 Å². The molecule has 2 heterocycles. The van der Waals surface area contributed by atoms with E-state index >= 15 is 0 Å². The highest BCUT2D eigenvalue weighted by molar-refractivity contribution is 7.88. The van der Waals surface area contributed by atoms with Crippen LogP contribution in [0.3, 0.4) is 0 Å². The van der Waals surface area contributed by atoms with E-state index in [1.165, 1.54) is 0 Å². The van der Waals surface area contributed by atoms with Gasteiger partial charge in [0.2, 0.25) is 0 Å². The minimum absolute atomic E-state index is 0.0104. The van der Waals surface area contributed by atoms with Crippen LogP contribution in [0, 0.1) is 5.92 Å². The number of hydrogen-bond acceptors (Lipinski definition) is 6. The van der Waals surface area contributed by atoms with Gasteiger partial charge in [0.15, 0.2) is 0 Å². The summed E-state index contributed by atoms with van der Waals surface area (Å²) in [6.07, 6.45) is 7.81. The zero-order valence-corrected chi connectivity index (χ0v) is 15.9. The summed E-state index contributed by atoms with van der Waals surface area (Å²) < 4.78 is 20.8. The van der Waals surface area contributed by atoms with Crippen molar-refractivity contribution >= 4 is 17.1 Å². The second kappa shape index (κ2) is 9.77. The summed E-state index contributed by atoms with van der Waals surface area (Å²) in [5.41, 5.74) is 7.96. The first kappa shape index (κ1) is 19.7. The van der Waals surface area contributed by atoms with Gasteiger partial charge in [0.1, 0.15) is 6.26 Å². The second-order valence-electron chi connectivity index (χ2n) is 6.99. The molecule has 0 aliphatic carbocycles. The van der Waals surface area contributed by atoms with Gasteiger partial charge in [-0.2, -0.15) is 0 Å². The quantitative estimate of drug-likeness (QED) is 0.594. The molecule has 0 aromatic carbocycles. The van der Waals surface area contributed by atoms with Crippen molar-refractivity contribution < 1.29 is 9.29 Å². The highest BCUT2D eigenvalue weighted by atomic mass is 32.2. The number of nitrogens with zero attached hydrogens (tertiary/aromatic N) is 1. The van der Waals surface area contributed by atoms with E-state index in [2.05, 4.69) is 23.9 Å². The molecule has 0 saturated carbocycles. The van der Waals surface area contributed by atoms with Crippen LogP contribution in [0.4, 0.5) is 0 Å². The molecule has 3 unspecified atom stereocenters. The number of aliphatic imine (C=N–C) groups is 1. The highest BCUT2D eigenvalue weighted by Gasteiger charge is 2.29. The van der Waals surface area contributed by atoms with Gasteiger partial charge in [-0.15, -0.1) is 4.72 Å². The predicted molar refractivity (Wildman–Crippen MR) is 100 cm³/mol. The molecular weight excluding hydrogens is 324 g/mol. The van der Waals surface area contributed by atoms with Crippen LogP contribution >= 0.6 is 0 Å². The molecule has 0 spiro atoms. The molecule has 2 aliphatic rings. The number of allylic oxidation sites excluding steroid dienone is 2. The van der Waals surface area contributed by atoms with E-state index in [0.717, 1.165) is 50.2 Å². The van der Waals surface area contributed by atoms with Gasteiger partial charge in [-0.1, -0.05) is 13.8 Å². The maximum absolute atomic E-state index is 11.6.